The third-order valence-electron chi connectivity index (χ3n) is 3.52. The quantitative estimate of drug-likeness (QED) is 0.828. The summed E-state index contributed by atoms with van der Waals surface area (Å²) >= 11 is 0. The first-order valence-corrected chi connectivity index (χ1v) is 6.52. The standard InChI is InChI=1S/C14H19FN2O/c1-11-6-8-17(9-7-11)10-14(18)16-13-4-2-12(15)3-5-13/h2-5,11H,6-10H2,1H3,(H,16,18)/p+1. The molecule has 18 heavy (non-hydrogen) atoms. The molecule has 1 aliphatic heterocycles. The molecule has 1 fully saturated rings. The topological polar surface area (TPSA) is 33.5 Å². The van der Waals surface area contributed by atoms with Gasteiger partial charge in [0, 0.05) is 5.69 Å². The molecule has 3 nitrogen and oxygen atoms in total. The first kappa shape index (κ1) is 13.0. The van der Waals surface area contributed by atoms with Gasteiger partial charge in [-0.1, -0.05) is 6.92 Å². The van der Waals surface area contributed by atoms with Crippen LogP contribution in [0, 0.1) is 11.7 Å². The van der Waals surface area contributed by atoms with E-state index >= 15 is 0 Å². The van der Waals surface area contributed by atoms with Gasteiger partial charge >= 0.3 is 0 Å². The third kappa shape index (κ3) is 3.81. The van der Waals surface area contributed by atoms with Crippen LogP contribution in [0.4, 0.5) is 10.1 Å². The van der Waals surface area contributed by atoms with E-state index in [-0.39, 0.29) is 11.7 Å². The number of nitrogens with one attached hydrogen (secondary N) is 2. The number of rotatable bonds is 3. The molecule has 1 aromatic carbocycles. The Morgan fingerprint density at radius 2 is 1.94 bits per heavy atom. The number of likely N-dealkylation sites (tertiary alicyclic amines) is 1. The zero-order valence-electron chi connectivity index (χ0n) is 10.7. The molecule has 0 unspecified atom stereocenters. The van der Waals surface area contributed by atoms with Gasteiger partial charge in [-0.25, -0.2) is 4.39 Å². The first-order chi connectivity index (χ1) is 8.63. The fourth-order valence-corrected chi connectivity index (χ4v) is 2.31. The lowest BCUT2D eigenvalue weighted by atomic mass is 9.99. The average molecular weight is 251 g/mol. The predicted molar refractivity (Wildman–Crippen MR) is 69.0 cm³/mol. The minimum atomic E-state index is -0.288. The van der Waals surface area contributed by atoms with Gasteiger partial charge in [-0.05, 0) is 43.0 Å². The van der Waals surface area contributed by atoms with E-state index in [1.165, 1.54) is 29.9 Å². The van der Waals surface area contributed by atoms with Crippen LogP contribution in [0.15, 0.2) is 24.3 Å². The van der Waals surface area contributed by atoms with Crippen LogP contribution >= 0.6 is 0 Å². The van der Waals surface area contributed by atoms with Gasteiger partial charge in [0.25, 0.3) is 5.91 Å². The van der Waals surface area contributed by atoms with Crippen LogP contribution in [0.3, 0.4) is 0 Å². The Morgan fingerprint density at radius 3 is 2.56 bits per heavy atom. The molecule has 1 aliphatic rings. The van der Waals surface area contributed by atoms with Crippen molar-refractivity contribution in [3.05, 3.63) is 30.1 Å². The summed E-state index contributed by atoms with van der Waals surface area (Å²) in [4.78, 5) is 13.2. The number of carbonyl (C=O) groups is 1. The van der Waals surface area contributed by atoms with Gasteiger partial charge in [-0.3, -0.25) is 4.79 Å². The largest absolute Gasteiger partial charge is 0.327 e. The molecule has 4 heteroatoms. The number of halogens is 1. The van der Waals surface area contributed by atoms with Crippen molar-refractivity contribution in [2.24, 2.45) is 5.92 Å². The van der Waals surface area contributed by atoms with Gasteiger partial charge in [0.05, 0.1) is 13.1 Å². The summed E-state index contributed by atoms with van der Waals surface area (Å²) < 4.78 is 12.7. The normalized spacial score (nSPS) is 23.7. The van der Waals surface area contributed by atoms with Crippen LogP contribution in [0.2, 0.25) is 0 Å². The molecule has 98 valence electrons. The summed E-state index contributed by atoms with van der Waals surface area (Å²) in [6.45, 7) is 4.90. The lowest BCUT2D eigenvalue weighted by Crippen LogP contribution is -3.14. The third-order valence-corrected chi connectivity index (χ3v) is 3.52. The Labute approximate surface area is 107 Å². The predicted octanol–water partition coefficient (Wildman–Crippen LogP) is 1.08. The number of hydrogen-bond donors (Lipinski definition) is 2. The maximum absolute atomic E-state index is 12.7. The number of anilines is 1. The molecule has 2 N–H and O–H groups in total. The molecule has 1 aromatic rings. The minimum Gasteiger partial charge on any atom is -0.327 e. The maximum Gasteiger partial charge on any atom is 0.279 e. The van der Waals surface area contributed by atoms with Crippen molar-refractivity contribution in [1.29, 1.82) is 0 Å². The minimum absolute atomic E-state index is 0.00570. The van der Waals surface area contributed by atoms with Crippen LogP contribution in [0.5, 0.6) is 0 Å². The second kappa shape index (κ2) is 5.96. The Balaban J connectivity index is 1.80. The molecule has 1 heterocycles. The highest BCUT2D eigenvalue weighted by atomic mass is 19.1. The van der Waals surface area contributed by atoms with Crippen LogP contribution in [-0.2, 0) is 4.79 Å². The lowest BCUT2D eigenvalue weighted by Gasteiger charge is -2.26. The Morgan fingerprint density at radius 1 is 1.33 bits per heavy atom. The second-order valence-electron chi connectivity index (χ2n) is 5.16. The molecule has 0 bridgehead atoms. The monoisotopic (exact) mass is 251 g/mol. The van der Waals surface area contributed by atoms with Crippen LogP contribution in [-0.4, -0.2) is 25.5 Å². The highest BCUT2D eigenvalue weighted by Gasteiger charge is 2.21. The fourth-order valence-electron chi connectivity index (χ4n) is 2.31. The van der Waals surface area contributed by atoms with Crippen molar-refractivity contribution >= 4 is 11.6 Å². The average Bonchev–Trinajstić information content (AvgIpc) is 2.35. The number of piperidine rings is 1. The number of benzene rings is 1. The molecule has 0 atom stereocenters. The summed E-state index contributed by atoms with van der Waals surface area (Å²) in [5, 5.41) is 2.80. The van der Waals surface area contributed by atoms with E-state index in [0.29, 0.717) is 12.2 Å². The van der Waals surface area contributed by atoms with Crippen molar-refractivity contribution < 1.29 is 14.1 Å². The molecule has 0 radical (unpaired) electrons. The second-order valence-corrected chi connectivity index (χ2v) is 5.16. The number of quaternary nitrogens is 1. The van der Waals surface area contributed by atoms with E-state index in [1.807, 2.05) is 0 Å². The zero-order valence-corrected chi connectivity index (χ0v) is 10.7. The van der Waals surface area contributed by atoms with E-state index in [2.05, 4.69) is 12.2 Å². The summed E-state index contributed by atoms with van der Waals surface area (Å²) in [5.74, 6) is 0.503. The molecular formula is C14H20FN2O+. The SMILES string of the molecule is CC1CC[NH+](CC(=O)Nc2ccc(F)cc2)CC1. The van der Waals surface area contributed by atoms with E-state index in [4.69, 9.17) is 0 Å². The molecule has 1 amide bonds. The highest BCUT2D eigenvalue weighted by molar-refractivity contribution is 5.91. The highest BCUT2D eigenvalue weighted by Crippen LogP contribution is 2.08. The van der Waals surface area contributed by atoms with Gasteiger partial charge in [0.2, 0.25) is 0 Å². The van der Waals surface area contributed by atoms with E-state index in [0.717, 1.165) is 19.0 Å². The summed E-state index contributed by atoms with van der Waals surface area (Å²) in [7, 11) is 0. The van der Waals surface area contributed by atoms with Crippen LogP contribution in [0.1, 0.15) is 19.8 Å². The van der Waals surface area contributed by atoms with Gasteiger partial charge in [-0.15, -0.1) is 0 Å². The van der Waals surface area contributed by atoms with Gasteiger partial charge in [-0.2, -0.15) is 0 Å². The molecule has 0 spiro atoms. The zero-order chi connectivity index (χ0) is 13.0. The van der Waals surface area contributed by atoms with Gasteiger partial charge in [0.15, 0.2) is 6.54 Å². The van der Waals surface area contributed by atoms with Crippen LogP contribution in [0.25, 0.3) is 0 Å². The summed E-state index contributed by atoms with van der Waals surface area (Å²) in [5.41, 5.74) is 0.658. The van der Waals surface area contributed by atoms with Crippen molar-refractivity contribution in [3.8, 4) is 0 Å². The van der Waals surface area contributed by atoms with Gasteiger partial charge < -0.3 is 10.2 Å². The lowest BCUT2D eigenvalue weighted by molar-refractivity contribution is -0.897. The fraction of sp³-hybridized carbons (Fsp3) is 0.500. The molecule has 1 saturated heterocycles. The number of amides is 1. The maximum atomic E-state index is 12.7. The van der Waals surface area contributed by atoms with Crippen molar-refractivity contribution in [2.45, 2.75) is 19.8 Å². The van der Waals surface area contributed by atoms with Crippen molar-refractivity contribution in [3.63, 3.8) is 0 Å². The molecule has 2 rings (SSSR count). The van der Waals surface area contributed by atoms with Crippen LogP contribution < -0.4 is 10.2 Å². The van der Waals surface area contributed by atoms with E-state index < -0.39 is 0 Å². The van der Waals surface area contributed by atoms with E-state index in [1.54, 1.807) is 12.1 Å². The van der Waals surface area contributed by atoms with Crippen molar-refractivity contribution in [1.82, 2.24) is 0 Å². The molecule has 0 aromatic heterocycles. The molecular weight excluding hydrogens is 231 g/mol. The Bertz CT molecular complexity index is 397. The summed E-state index contributed by atoms with van der Waals surface area (Å²) in [6, 6.07) is 5.87. The molecule has 0 saturated carbocycles. The first-order valence-electron chi connectivity index (χ1n) is 6.52. The van der Waals surface area contributed by atoms with E-state index in [9.17, 15) is 9.18 Å². The van der Waals surface area contributed by atoms with Gasteiger partial charge in [0.1, 0.15) is 5.82 Å². The molecule has 0 aliphatic carbocycles. The number of carbonyl (C=O) groups excluding carboxylic acids is 1. The summed E-state index contributed by atoms with van der Waals surface area (Å²) in [6.07, 6.45) is 2.39. The van der Waals surface area contributed by atoms with Crippen molar-refractivity contribution in [2.75, 3.05) is 25.0 Å². The number of hydrogen-bond acceptors (Lipinski definition) is 1. The smallest absolute Gasteiger partial charge is 0.279 e. The Hall–Kier alpha value is -1.42. The Kier molecular flexibility index (Phi) is 4.31.